The van der Waals surface area contributed by atoms with E-state index in [1.165, 1.54) is 6.07 Å². The van der Waals surface area contributed by atoms with Gasteiger partial charge in [0.15, 0.2) is 14.9 Å². The lowest BCUT2D eigenvalue weighted by Gasteiger charge is -1.94. The van der Waals surface area contributed by atoms with E-state index in [0.717, 1.165) is 11.8 Å². The second kappa shape index (κ2) is 3.92. The van der Waals surface area contributed by atoms with Gasteiger partial charge in [0.1, 0.15) is 0 Å². The average molecular weight is 257 g/mol. The molecule has 1 N–H and O–H groups in total. The summed E-state index contributed by atoms with van der Waals surface area (Å²) in [5, 5.41) is 7.16. The van der Waals surface area contributed by atoms with Crippen molar-refractivity contribution in [2.24, 2.45) is 0 Å². The van der Waals surface area contributed by atoms with Crippen molar-refractivity contribution in [3.63, 3.8) is 0 Å². The van der Waals surface area contributed by atoms with E-state index in [4.69, 9.17) is 11.6 Å². The van der Waals surface area contributed by atoms with Crippen LogP contribution in [-0.4, -0.2) is 24.9 Å². The third-order valence-corrected chi connectivity index (χ3v) is 3.35. The SMILES string of the molecule is CS(=O)(=O)c1cc(-c2ccc(Cl)cc2)n[nH]1. The topological polar surface area (TPSA) is 62.8 Å². The number of rotatable bonds is 2. The minimum absolute atomic E-state index is 0.109. The fourth-order valence-corrected chi connectivity index (χ4v) is 1.93. The molecule has 0 aliphatic heterocycles. The lowest BCUT2D eigenvalue weighted by atomic mass is 10.2. The molecule has 0 saturated carbocycles. The number of halogens is 1. The first-order valence-corrected chi connectivity index (χ1v) is 6.75. The molecule has 0 amide bonds. The summed E-state index contributed by atoms with van der Waals surface area (Å²) in [6, 6.07) is 8.52. The third-order valence-electron chi connectivity index (χ3n) is 2.09. The Kier molecular flexibility index (Phi) is 2.73. The number of nitrogens with zero attached hydrogens (tertiary/aromatic N) is 1. The molecule has 84 valence electrons. The fourth-order valence-electron chi connectivity index (χ4n) is 1.26. The zero-order chi connectivity index (χ0) is 11.8. The van der Waals surface area contributed by atoms with Gasteiger partial charge in [-0.15, -0.1) is 0 Å². The summed E-state index contributed by atoms with van der Waals surface area (Å²) in [6.07, 6.45) is 1.13. The Morgan fingerprint density at radius 3 is 2.38 bits per heavy atom. The van der Waals surface area contributed by atoms with Crippen LogP contribution in [0.15, 0.2) is 35.4 Å². The standard InChI is InChI=1S/C10H9ClN2O2S/c1-16(14,15)10-6-9(12-13-10)7-2-4-8(11)5-3-7/h2-6H,1H3,(H,12,13). The molecule has 6 heteroatoms. The van der Waals surface area contributed by atoms with E-state index in [1.807, 2.05) is 0 Å². The number of hydrogen-bond acceptors (Lipinski definition) is 3. The lowest BCUT2D eigenvalue weighted by molar-refractivity contribution is 0.598. The fraction of sp³-hybridized carbons (Fsp3) is 0.100. The van der Waals surface area contributed by atoms with Gasteiger partial charge in [-0.1, -0.05) is 23.7 Å². The first kappa shape index (κ1) is 11.2. The first-order valence-electron chi connectivity index (χ1n) is 4.48. The van der Waals surface area contributed by atoms with Crippen LogP contribution in [0.5, 0.6) is 0 Å². The second-order valence-corrected chi connectivity index (χ2v) is 5.82. The van der Waals surface area contributed by atoms with Crippen molar-refractivity contribution in [1.82, 2.24) is 10.2 Å². The van der Waals surface area contributed by atoms with E-state index in [2.05, 4.69) is 10.2 Å². The van der Waals surface area contributed by atoms with Crippen molar-refractivity contribution >= 4 is 21.4 Å². The molecule has 2 aromatic rings. The Bertz CT molecular complexity index is 602. The molecule has 0 fully saturated rings. The van der Waals surface area contributed by atoms with E-state index in [9.17, 15) is 8.42 Å². The Morgan fingerprint density at radius 2 is 1.88 bits per heavy atom. The van der Waals surface area contributed by atoms with Crippen LogP contribution in [0.25, 0.3) is 11.3 Å². The third kappa shape index (κ3) is 2.25. The number of aromatic nitrogens is 2. The monoisotopic (exact) mass is 256 g/mol. The van der Waals surface area contributed by atoms with Gasteiger partial charge in [-0.05, 0) is 12.1 Å². The molecular formula is C10H9ClN2O2S. The Labute approximate surface area is 98.2 Å². The van der Waals surface area contributed by atoms with Gasteiger partial charge in [-0.3, -0.25) is 5.10 Å². The van der Waals surface area contributed by atoms with Crippen LogP contribution in [0, 0.1) is 0 Å². The Morgan fingerprint density at radius 1 is 1.25 bits per heavy atom. The second-order valence-electron chi connectivity index (χ2n) is 3.40. The quantitative estimate of drug-likeness (QED) is 0.895. The number of nitrogens with one attached hydrogen (secondary N) is 1. The zero-order valence-corrected chi connectivity index (χ0v) is 10.0. The Balaban J connectivity index is 2.43. The van der Waals surface area contributed by atoms with Gasteiger partial charge in [0, 0.05) is 22.9 Å². The van der Waals surface area contributed by atoms with Gasteiger partial charge in [0.25, 0.3) is 0 Å². The van der Waals surface area contributed by atoms with Crippen molar-refractivity contribution in [1.29, 1.82) is 0 Å². The molecule has 4 nitrogen and oxygen atoms in total. The van der Waals surface area contributed by atoms with Gasteiger partial charge >= 0.3 is 0 Å². The van der Waals surface area contributed by atoms with E-state index in [1.54, 1.807) is 24.3 Å². The predicted octanol–water partition coefficient (Wildman–Crippen LogP) is 2.13. The highest BCUT2D eigenvalue weighted by molar-refractivity contribution is 7.90. The molecule has 0 atom stereocenters. The summed E-state index contributed by atoms with van der Waals surface area (Å²) < 4.78 is 22.5. The summed E-state index contributed by atoms with van der Waals surface area (Å²) in [6.45, 7) is 0. The van der Waals surface area contributed by atoms with E-state index >= 15 is 0 Å². The maximum Gasteiger partial charge on any atom is 0.192 e. The summed E-state index contributed by atoms with van der Waals surface area (Å²) >= 11 is 5.75. The molecule has 0 unspecified atom stereocenters. The molecule has 1 aromatic heterocycles. The van der Waals surface area contributed by atoms with Crippen LogP contribution in [-0.2, 0) is 9.84 Å². The summed E-state index contributed by atoms with van der Waals surface area (Å²) in [5.74, 6) is 0. The Hall–Kier alpha value is -1.33. The molecule has 0 spiro atoms. The number of hydrogen-bond donors (Lipinski definition) is 1. The van der Waals surface area contributed by atoms with Crippen molar-refractivity contribution in [3.05, 3.63) is 35.4 Å². The minimum atomic E-state index is -3.24. The summed E-state index contributed by atoms with van der Waals surface area (Å²) in [4.78, 5) is 0. The average Bonchev–Trinajstić information content (AvgIpc) is 2.67. The van der Waals surface area contributed by atoms with Crippen molar-refractivity contribution in [2.75, 3.05) is 6.26 Å². The van der Waals surface area contributed by atoms with Gasteiger partial charge in [-0.25, -0.2) is 8.42 Å². The smallest absolute Gasteiger partial charge is 0.192 e. The molecule has 0 saturated heterocycles. The van der Waals surface area contributed by atoms with Gasteiger partial charge in [-0.2, -0.15) is 5.10 Å². The predicted molar refractivity (Wildman–Crippen MR) is 62.1 cm³/mol. The number of benzene rings is 1. The van der Waals surface area contributed by atoms with Crippen molar-refractivity contribution < 1.29 is 8.42 Å². The lowest BCUT2D eigenvalue weighted by Crippen LogP contribution is -1.96. The van der Waals surface area contributed by atoms with Gasteiger partial charge in [0.05, 0.1) is 5.69 Å². The molecule has 16 heavy (non-hydrogen) atoms. The maximum absolute atomic E-state index is 11.2. The van der Waals surface area contributed by atoms with Gasteiger partial charge in [0.2, 0.25) is 0 Å². The van der Waals surface area contributed by atoms with E-state index in [0.29, 0.717) is 10.7 Å². The summed E-state index contributed by atoms with van der Waals surface area (Å²) in [5.41, 5.74) is 1.40. The van der Waals surface area contributed by atoms with Crippen molar-refractivity contribution in [2.45, 2.75) is 5.03 Å². The van der Waals surface area contributed by atoms with Crippen molar-refractivity contribution in [3.8, 4) is 11.3 Å². The molecular weight excluding hydrogens is 248 g/mol. The molecule has 2 rings (SSSR count). The maximum atomic E-state index is 11.2. The first-order chi connectivity index (χ1) is 7.47. The molecule has 1 aromatic carbocycles. The molecule has 0 aliphatic rings. The van der Waals surface area contributed by atoms with Crippen LogP contribution in [0.1, 0.15) is 0 Å². The van der Waals surface area contributed by atoms with E-state index in [-0.39, 0.29) is 5.03 Å². The number of aromatic amines is 1. The highest BCUT2D eigenvalue weighted by atomic mass is 35.5. The normalized spacial score (nSPS) is 11.6. The van der Waals surface area contributed by atoms with Gasteiger partial charge < -0.3 is 0 Å². The number of sulfone groups is 1. The van der Waals surface area contributed by atoms with Crippen LogP contribution in [0.3, 0.4) is 0 Å². The largest absolute Gasteiger partial charge is 0.267 e. The van der Waals surface area contributed by atoms with E-state index < -0.39 is 9.84 Å². The molecule has 0 bridgehead atoms. The van der Waals surface area contributed by atoms with Crippen LogP contribution in [0.2, 0.25) is 5.02 Å². The highest BCUT2D eigenvalue weighted by Crippen LogP contribution is 2.21. The zero-order valence-electron chi connectivity index (χ0n) is 8.44. The van der Waals surface area contributed by atoms with Crippen LogP contribution in [0.4, 0.5) is 0 Å². The summed E-state index contributed by atoms with van der Waals surface area (Å²) in [7, 11) is -3.24. The molecule has 1 heterocycles. The highest BCUT2D eigenvalue weighted by Gasteiger charge is 2.11. The molecule has 0 aliphatic carbocycles. The number of H-pyrrole nitrogens is 1. The van der Waals surface area contributed by atoms with Crippen LogP contribution >= 0.6 is 11.6 Å². The molecule has 0 radical (unpaired) electrons. The van der Waals surface area contributed by atoms with Crippen LogP contribution < -0.4 is 0 Å². The minimum Gasteiger partial charge on any atom is -0.267 e.